The van der Waals surface area contributed by atoms with Crippen molar-refractivity contribution in [2.24, 2.45) is 5.92 Å². The first-order chi connectivity index (χ1) is 6.63. The second-order valence-corrected chi connectivity index (χ2v) is 3.68. The summed E-state index contributed by atoms with van der Waals surface area (Å²) in [6.07, 6.45) is 3.54. The maximum absolute atomic E-state index is 8.95. The predicted molar refractivity (Wildman–Crippen MR) is 56.1 cm³/mol. The molecule has 1 heterocycles. The molecule has 0 amide bonds. The molecule has 1 aromatic heterocycles. The van der Waals surface area contributed by atoms with Crippen molar-refractivity contribution < 1.29 is 5.11 Å². The minimum Gasteiger partial charge on any atom is -0.396 e. The third kappa shape index (κ3) is 2.96. The number of rotatable bonds is 4. The van der Waals surface area contributed by atoms with Gasteiger partial charge in [-0.05, 0) is 25.3 Å². The molecular formula is C10H17N3O. The summed E-state index contributed by atoms with van der Waals surface area (Å²) < 4.78 is 0. The van der Waals surface area contributed by atoms with E-state index in [4.69, 9.17) is 5.11 Å². The van der Waals surface area contributed by atoms with Crippen molar-refractivity contribution >= 4 is 5.95 Å². The average molecular weight is 195 g/mol. The Balaban J connectivity index is 2.56. The van der Waals surface area contributed by atoms with E-state index in [0.29, 0.717) is 5.95 Å². The van der Waals surface area contributed by atoms with Gasteiger partial charge in [-0.1, -0.05) is 6.92 Å². The molecule has 0 aromatic carbocycles. The first kappa shape index (κ1) is 10.9. The molecule has 14 heavy (non-hydrogen) atoms. The Labute approximate surface area is 84.4 Å². The SMILES string of the molecule is Cc1cnc(NC(C)C(C)CO)nc1. The summed E-state index contributed by atoms with van der Waals surface area (Å²) in [6, 6.07) is 0.169. The van der Waals surface area contributed by atoms with Crippen LogP contribution in [0.25, 0.3) is 0 Å². The second-order valence-electron chi connectivity index (χ2n) is 3.68. The molecule has 0 saturated heterocycles. The Hall–Kier alpha value is -1.16. The van der Waals surface area contributed by atoms with Crippen LogP contribution in [0.5, 0.6) is 0 Å². The number of hydrogen-bond donors (Lipinski definition) is 2. The molecule has 0 aliphatic heterocycles. The van der Waals surface area contributed by atoms with E-state index in [9.17, 15) is 0 Å². The lowest BCUT2D eigenvalue weighted by atomic mass is 10.1. The van der Waals surface area contributed by atoms with Crippen LogP contribution >= 0.6 is 0 Å². The Morgan fingerprint density at radius 1 is 1.36 bits per heavy atom. The van der Waals surface area contributed by atoms with E-state index in [0.717, 1.165) is 5.56 Å². The third-order valence-electron chi connectivity index (χ3n) is 2.28. The number of aromatic nitrogens is 2. The Bertz CT molecular complexity index is 273. The van der Waals surface area contributed by atoms with Gasteiger partial charge in [0.2, 0.25) is 5.95 Å². The third-order valence-corrected chi connectivity index (χ3v) is 2.28. The summed E-state index contributed by atoms with van der Waals surface area (Å²) in [5, 5.41) is 12.1. The van der Waals surface area contributed by atoms with E-state index in [2.05, 4.69) is 15.3 Å². The van der Waals surface area contributed by atoms with Gasteiger partial charge in [-0.2, -0.15) is 0 Å². The highest BCUT2D eigenvalue weighted by Gasteiger charge is 2.11. The van der Waals surface area contributed by atoms with Gasteiger partial charge < -0.3 is 10.4 Å². The van der Waals surface area contributed by atoms with Gasteiger partial charge in [-0.15, -0.1) is 0 Å². The van der Waals surface area contributed by atoms with Gasteiger partial charge in [0.1, 0.15) is 0 Å². The highest BCUT2D eigenvalue weighted by molar-refractivity contribution is 5.25. The molecule has 0 aliphatic rings. The summed E-state index contributed by atoms with van der Waals surface area (Å²) in [6.45, 7) is 6.10. The van der Waals surface area contributed by atoms with Crippen LogP contribution in [0.1, 0.15) is 19.4 Å². The first-order valence-corrected chi connectivity index (χ1v) is 4.79. The largest absolute Gasteiger partial charge is 0.396 e. The number of aliphatic hydroxyl groups excluding tert-OH is 1. The van der Waals surface area contributed by atoms with Gasteiger partial charge >= 0.3 is 0 Å². The molecule has 0 saturated carbocycles. The van der Waals surface area contributed by atoms with Crippen LogP contribution in [-0.4, -0.2) is 27.7 Å². The molecule has 0 bridgehead atoms. The molecule has 0 spiro atoms. The molecule has 1 aromatic rings. The van der Waals surface area contributed by atoms with Gasteiger partial charge in [0.25, 0.3) is 0 Å². The molecule has 2 unspecified atom stereocenters. The number of nitrogens with zero attached hydrogens (tertiary/aromatic N) is 2. The van der Waals surface area contributed by atoms with E-state index in [1.165, 1.54) is 0 Å². The zero-order valence-electron chi connectivity index (χ0n) is 8.86. The molecule has 4 nitrogen and oxygen atoms in total. The molecule has 0 aliphatic carbocycles. The number of nitrogens with one attached hydrogen (secondary N) is 1. The summed E-state index contributed by atoms with van der Waals surface area (Å²) in [7, 11) is 0. The molecule has 1 rings (SSSR count). The summed E-state index contributed by atoms with van der Waals surface area (Å²) in [4.78, 5) is 8.26. The average Bonchev–Trinajstić information content (AvgIpc) is 2.20. The molecule has 2 N–H and O–H groups in total. The lowest BCUT2D eigenvalue weighted by Crippen LogP contribution is -2.27. The van der Waals surface area contributed by atoms with Crippen molar-refractivity contribution in [3.05, 3.63) is 18.0 Å². The lowest BCUT2D eigenvalue weighted by Gasteiger charge is -2.18. The summed E-state index contributed by atoms with van der Waals surface area (Å²) in [5.74, 6) is 0.809. The Kier molecular flexibility index (Phi) is 3.83. The van der Waals surface area contributed by atoms with Crippen LogP contribution in [0.2, 0.25) is 0 Å². The van der Waals surface area contributed by atoms with Crippen LogP contribution in [0.3, 0.4) is 0 Å². The van der Waals surface area contributed by atoms with Gasteiger partial charge in [-0.3, -0.25) is 0 Å². The van der Waals surface area contributed by atoms with E-state index in [1.807, 2.05) is 20.8 Å². The number of hydrogen-bond acceptors (Lipinski definition) is 4. The normalized spacial score (nSPS) is 14.9. The Morgan fingerprint density at radius 3 is 2.43 bits per heavy atom. The van der Waals surface area contributed by atoms with E-state index >= 15 is 0 Å². The standard InChI is InChI=1S/C10H17N3O/c1-7-4-11-10(12-5-7)13-9(3)8(2)6-14/h4-5,8-9,14H,6H2,1-3H3,(H,11,12,13). The van der Waals surface area contributed by atoms with Crippen molar-refractivity contribution in [3.63, 3.8) is 0 Å². The maximum atomic E-state index is 8.95. The van der Waals surface area contributed by atoms with Crippen LogP contribution in [0.4, 0.5) is 5.95 Å². The molecule has 78 valence electrons. The lowest BCUT2D eigenvalue weighted by molar-refractivity contribution is 0.226. The van der Waals surface area contributed by atoms with Crippen molar-refractivity contribution in [2.75, 3.05) is 11.9 Å². The topological polar surface area (TPSA) is 58.0 Å². The van der Waals surface area contributed by atoms with Crippen LogP contribution in [-0.2, 0) is 0 Å². The second kappa shape index (κ2) is 4.91. The highest BCUT2D eigenvalue weighted by atomic mass is 16.3. The van der Waals surface area contributed by atoms with Crippen LogP contribution < -0.4 is 5.32 Å². The molecule has 0 fully saturated rings. The van der Waals surface area contributed by atoms with E-state index < -0.39 is 0 Å². The monoisotopic (exact) mass is 195 g/mol. The fraction of sp³-hybridized carbons (Fsp3) is 0.600. The summed E-state index contributed by atoms with van der Waals surface area (Å²) >= 11 is 0. The van der Waals surface area contributed by atoms with Gasteiger partial charge in [-0.25, -0.2) is 9.97 Å². The maximum Gasteiger partial charge on any atom is 0.222 e. The van der Waals surface area contributed by atoms with Crippen molar-refractivity contribution in [2.45, 2.75) is 26.8 Å². The van der Waals surface area contributed by atoms with Crippen LogP contribution in [0, 0.1) is 12.8 Å². The van der Waals surface area contributed by atoms with E-state index in [-0.39, 0.29) is 18.6 Å². The zero-order chi connectivity index (χ0) is 10.6. The highest BCUT2D eigenvalue weighted by Crippen LogP contribution is 2.07. The molecular weight excluding hydrogens is 178 g/mol. The minimum absolute atomic E-state index is 0.167. The van der Waals surface area contributed by atoms with Gasteiger partial charge in [0.15, 0.2) is 0 Å². The van der Waals surface area contributed by atoms with E-state index in [1.54, 1.807) is 12.4 Å². The summed E-state index contributed by atoms with van der Waals surface area (Å²) in [5.41, 5.74) is 1.04. The predicted octanol–water partition coefficient (Wildman–Crippen LogP) is 1.21. The van der Waals surface area contributed by atoms with Crippen molar-refractivity contribution in [1.82, 2.24) is 9.97 Å². The first-order valence-electron chi connectivity index (χ1n) is 4.79. The molecule has 2 atom stereocenters. The zero-order valence-corrected chi connectivity index (χ0v) is 8.86. The van der Waals surface area contributed by atoms with Gasteiger partial charge in [0, 0.05) is 25.0 Å². The molecule has 4 heteroatoms. The number of anilines is 1. The van der Waals surface area contributed by atoms with Gasteiger partial charge in [0.05, 0.1) is 0 Å². The van der Waals surface area contributed by atoms with Crippen molar-refractivity contribution in [1.29, 1.82) is 0 Å². The Morgan fingerprint density at radius 2 is 1.93 bits per heavy atom. The number of aryl methyl sites for hydroxylation is 1. The van der Waals surface area contributed by atoms with Crippen molar-refractivity contribution in [3.8, 4) is 0 Å². The number of aliphatic hydroxyl groups is 1. The fourth-order valence-electron chi connectivity index (χ4n) is 0.971. The smallest absolute Gasteiger partial charge is 0.222 e. The fourth-order valence-corrected chi connectivity index (χ4v) is 0.971. The van der Waals surface area contributed by atoms with Crippen LogP contribution in [0.15, 0.2) is 12.4 Å². The molecule has 0 radical (unpaired) electrons. The minimum atomic E-state index is 0.167. The quantitative estimate of drug-likeness (QED) is 0.758.